The van der Waals surface area contributed by atoms with E-state index in [9.17, 15) is 14.4 Å². The van der Waals surface area contributed by atoms with Gasteiger partial charge in [-0.25, -0.2) is 4.79 Å². The third-order valence-corrected chi connectivity index (χ3v) is 9.93. The fraction of sp³-hybridized carbons (Fsp3) is 0.324. The molecule has 0 unspecified atom stereocenters. The van der Waals surface area contributed by atoms with Crippen molar-refractivity contribution < 1.29 is 14.4 Å². The van der Waals surface area contributed by atoms with Gasteiger partial charge in [-0.05, 0) is 65.0 Å². The van der Waals surface area contributed by atoms with Crippen LogP contribution in [0.2, 0.25) is 0 Å². The highest BCUT2D eigenvalue weighted by Crippen LogP contribution is 2.49. The molecule has 4 aliphatic rings. The van der Waals surface area contributed by atoms with Crippen molar-refractivity contribution in [2.45, 2.75) is 51.4 Å². The van der Waals surface area contributed by atoms with Gasteiger partial charge in [-0.3, -0.25) is 19.4 Å². The highest BCUT2D eigenvalue weighted by atomic mass is 16.2. The van der Waals surface area contributed by atoms with Crippen molar-refractivity contribution in [3.63, 3.8) is 0 Å². The molecule has 2 aromatic carbocycles. The van der Waals surface area contributed by atoms with Crippen molar-refractivity contribution >= 4 is 29.2 Å². The molecule has 0 spiro atoms. The maximum absolute atomic E-state index is 13.6. The van der Waals surface area contributed by atoms with Gasteiger partial charge in [-0.2, -0.15) is 0 Å². The molecule has 1 saturated heterocycles. The third-order valence-electron chi connectivity index (χ3n) is 9.93. The van der Waals surface area contributed by atoms with Crippen LogP contribution in [0.15, 0.2) is 107 Å². The molecule has 2 aromatic rings. The first-order chi connectivity index (χ1) is 20.8. The molecule has 0 N–H and O–H groups in total. The number of carbonyl (C=O) groups excluding carboxylic acids is 3. The summed E-state index contributed by atoms with van der Waals surface area (Å²) in [4.78, 5) is 46.3. The second kappa shape index (κ2) is 10.2. The van der Waals surface area contributed by atoms with E-state index in [1.165, 1.54) is 36.6 Å². The Hall–Kier alpha value is -4.65. The molecule has 226 valence electrons. The zero-order valence-corrected chi connectivity index (χ0v) is 26.9. The summed E-state index contributed by atoms with van der Waals surface area (Å²) in [6.45, 7) is 8.86. The predicted molar refractivity (Wildman–Crippen MR) is 175 cm³/mol. The van der Waals surface area contributed by atoms with Gasteiger partial charge in [0.25, 0.3) is 11.8 Å². The van der Waals surface area contributed by atoms with Gasteiger partial charge < -0.3 is 9.80 Å². The lowest BCUT2D eigenvalue weighted by Gasteiger charge is -2.30. The highest BCUT2D eigenvalue weighted by molar-refractivity contribution is 6.29. The topological polar surface area (TPSA) is 64.2 Å². The molecule has 0 atom stereocenters. The summed E-state index contributed by atoms with van der Waals surface area (Å²) in [7, 11) is 7.01. The molecule has 1 saturated carbocycles. The quantitative estimate of drug-likeness (QED) is 0.292. The molecule has 0 aromatic heterocycles. The average molecular weight is 589 g/mol. The van der Waals surface area contributed by atoms with Crippen LogP contribution in [0, 0.1) is 0 Å². The van der Waals surface area contributed by atoms with Crippen LogP contribution in [-0.4, -0.2) is 55.8 Å². The van der Waals surface area contributed by atoms with E-state index >= 15 is 0 Å². The number of urea groups is 1. The Labute approximate surface area is 260 Å². The van der Waals surface area contributed by atoms with E-state index in [2.05, 4.69) is 112 Å². The molecule has 1 aliphatic carbocycles. The van der Waals surface area contributed by atoms with Crippen molar-refractivity contribution in [1.82, 2.24) is 9.80 Å². The minimum Gasteiger partial charge on any atom is -0.347 e. The van der Waals surface area contributed by atoms with E-state index in [1.807, 2.05) is 12.1 Å². The van der Waals surface area contributed by atoms with Crippen LogP contribution in [0.25, 0.3) is 0 Å². The maximum Gasteiger partial charge on any atom is 0.333 e. The molecule has 7 heteroatoms. The van der Waals surface area contributed by atoms with Gasteiger partial charge in [0.1, 0.15) is 5.57 Å². The molecule has 0 radical (unpaired) electrons. The van der Waals surface area contributed by atoms with Gasteiger partial charge in [-0.1, -0.05) is 76.2 Å². The third kappa shape index (κ3) is 4.20. The molecule has 44 heavy (non-hydrogen) atoms. The van der Waals surface area contributed by atoms with E-state index in [-0.39, 0.29) is 16.4 Å². The van der Waals surface area contributed by atoms with Crippen LogP contribution in [0.5, 0.6) is 0 Å². The summed E-state index contributed by atoms with van der Waals surface area (Å²) in [5, 5.41) is 0. The standard InChI is InChI=1S/C37H40N4O3/c1-36(2)25-13-9-11-15-27(25)38(5)29(36)21-19-23-17-18-24(31(23)32-33(42)40(7)35(44)41(8)34(32)43)20-22-30-37(3,4)26-14-10-12-16-28(26)39(30)6/h9-16,19-22H,17-18H2,1-8H3. The number of para-hydroxylation sites is 2. The second-order valence-electron chi connectivity index (χ2n) is 13.2. The van der Waals surface area contributed by atoms with Gasteiger partial charge in [0.05, 0.1) is 0 Å². The number of hydrogen-bond acceptors (Lipinski definition) is 5. The Morgan fingerprint density at radius 1 is 0.545 bits per heavy atom. The highest BCUT2D eigenvalue weighted by Gasteiger charge is 2.43. The summed E-state index contributed by atoms with van der Waals surface area (Å²) < 4.78 is 0. The monoisotopic (exact) mass is 588 g/mol. The van der Waals surface area contributed by atoms with Gasteiger partial charge in [0.2, 0.25) is 0 Å². The lowest BCUT2D eigenvalue weighted by Crippen LogP contribution is -2.53. The Balaban J connectivity index is 1.49. The largest absolute Gasteiger partial charge is 0.347 e. The van der Waals surface area contributed by atoms with Crippen LogP contribution in [0.3, 0.4) is 0 Å². The molecule has 3 heterocycles. The Kier molecular flexibility index (Phi) is 6.83. The molecule has 7 nitrogen and oxygen atoms in total. The Morgan fingerprint density at radius 2 is 0.932 bits per heavy atom. The number of imide groups is 2. The van der Waals surface area contributed by atoms with Gasteiger partial charge in [0.15, 0.2) is 0 Å². The molecular formula is C37H40N4O3. The molecule has 3 aliphatic heterocycles. The molecule has 6 rings (SSSR count). The van der Waals surface area contributed by atoms with Crippen molar-refractivity contribution in [3.8, 4) is 0 Å². The molecule has 4 amide bonds. The number of likely N-dealkylation sites (N-methyl/N-ethyl adjacent to an activating group) is 4. The minimum absolute atomic E-state index is 0.0473. The maximum atomic E-state index is 13.6. The number of amides is 4. The van der Waals surface area contributed by atoms with E-state index in [0.717, 1.165) is 32.3 Å². The molecular weight excluding hydrogens is 548 g/mol. The lowest BCUT2D eigenvalue weighted by molar-refractivity contribution is -0.134. The first-order valence-corrected chi connectivity index (χ1v) is 15.1. The fourth-order valence-corrected chi connectivity index (χ4v) is 7.38. The summed E-state index contributed by atoms with van der Waals surface area (Å²) in [5.41, 5.74) is 9.20. The predicted octanol–water partition coefficient (Wildman–Crippen LogP) is 6.60. The zero-order chi connectivity index (χ0) is 31.7. The minimum atomic E-state index is -0.623. The van der Waals surface area contributed by atoms with Gasteiger partial charge >= 0.3 is 6.03 Å². The Bertz CT molecular complexity index is 1660. The molecule has 2 fully saturated rings. The zero-order valence-electron chi connectivity index (χ0n) is 26.9. The van der Waals surface area contributed by atoms with Crippen LogP contribution < -0.4 is 9.80 Å². The summed E-state index contributed by atoms with van der Waals surface area (Å²) in [5.74, 6) is -1.13. The van der Waals surface area contributed by atoms with E-state index in [1.54, 1.807) is 0 Å². The van der Waals surface area contributed by atoms with Crippen molar-refractivity contribution in [1.29, 1.82) is 0 Å². The number of allylic oxidation sites excluding steroid dienone is 9. The van der Waals surface area contributed by atoms with Crippen molar-refractivity contribution in [2.24, 2.45) is 0 Å². The van der Waals surface area contributed by atoms with E-state index < -0.39 is 17.8 Å². The van der Waals surface area contributed by atoms with E-state index in [0.29, 0.717) is 18.4 Å². The number of carbonyl (C=O) groups is 3. The van der Waals surface area contributed by atoms with Gasteiger partial charge in [-0.15, -0.1) is 0 Å². The number of nitrogens with zero attached hydrogens (tertiary/aromatic N) is 4. The van der Waals surface area contributed by atoms with Crippen LogP contribution in [-0.2, 0) is 20.4 Å². The first kappa shape index (κ1) is 29.4. The molecule has 0 bridgehead atoms. The number of benzene rings is 2. The number of barbiturate groups is 1. The average Bonchev–Trinajstić information content (AvgIpc) is 3.55. The Morgan fingerprint density at radius 3 is 1.32 bits per heavy atom. The fourth-order valence-electron chi connectivity index (χ4n) is 7.38. The first-order valence-electron chi connectivity index (χ1n) is 15.1. The lowest BCUT2D eigenvalue weighted by atomic mass is 9.83. The van der Waals surface area contributed by atoms with Gasteiger partial charge in [0, 0.05) is 61.8 Å². The van der Waals surface area contributed by atoms with Crippen LogP contribution in [0.4, 0.5) is 16.2 Å². The summed E-state index contributed by atoms with van der Waals surface area (Å²) in [6.07, 6.45) is 9.73. The summed E-state index contributed by atoms with van der Waals surface area (Å²) in [6, 6.07) is 16.2. The number of hydrogen-bond donors (Lipinski definition) is 0. The SMILES string of the molecule is CN1C(=O)C(=C2C(=CC=C3N(C)c4ccccc4C3(C)C)CCC2=CC=C2N(C)c3ccccc3C2(C)C)C(=O)N(C)C1=O. The second-order valence-corrected chi connectivity index (χ2v) is 13.2. The van der Waals surface area contributed by atoms with Crippen molar-refractivity contribution in [3.05, 3.63) is 118 Å². The van der Waals surface area contributed by atoms with Crippen LogP contribution >= 0.6 is 0 Å². The number of anilines is 2. The normalized spacial score (nSPS) is 24.6. The number of fused-ring (bicyclic) bond motifs is 2. The van der Waals surface area contributed by atoms with Crippen LogP contribution in [0.1, 0.15) is 51.7 Å². The summed E-state index contributed by atoms with van der Waals surface area (Å²) >= 11 is 0. The van der Waals surface area contributed by atoms with Crippen molar-refractivity contribution in [2.75, 3.05) is 38.0 Å². The smallest absolute Gasteiger partial charge is 0.333 e. The number of rotatable bonds is 2. The van der Waals surface area contributed by atoms with E-state index in [4.69, 9.17) is 0 Å².